The van der Waals surface area contributed by atoms with E-state index in [4.69, 9.17) is 9.47 Å². The first-order chi connectivity index (χ1) is 11.6. The van der Waals surface area contributed by atoms with Crippen LogP contribution in [0.25, 0.3) is 10.9 Å². The number of carbonyl (C=O) groups excluding carboxylic acids is 2. The predicted octanol–water partition coefficient (Wildman–Crippen LogP) is 3.46. The minimum Gasteiger partial charge on any atom is -0.484 e. The second-order valence-electron chi connectivity index (χ2n) is 5.42. The molecule has 0 saturated carbocycles. The summed E-state index contributed by atoms with van der Waals surface area (Å²) in [5.74, 6) is -0.104. The van der Waals surface area contributed by atoms with Gasteiger partial charge in [0, 0.05) is 11.6 Å². The molecule has 0 fully saturated rings. The summed E-state index contributed by atoms with van der Waals surface area (Å²) < 4.78 is 11.8. The van der Waals surface area contributed by atoms with Gasteiger partial charge in [-0.05, 0) is 30.7 Å². The number of fused-ring (bicyclic) bond motifs is 1. The zero-order valence-electron chi connectivity index (χ0n) is 13.5. The van der Waals surface area contributed by atoms with E-state index in [1.54, 1.807) is 18.2 Å². The van der Waals surface area contributed by atoms with Crippen molar-refractivity contribution in [3.63, 3.8) is 0 Å². The van der Waals surface area contributed by atoms with E-state index >= 15 is 0 Å². The zero-order chi connectivity index (χ0) is 17.1. The Bertz CT molecular complexity index is 911. The molecule has 0 atom stereocenters. The molecule has 0 aliphatic rings. The lowest BCUT2D eigenvalue weighted by Gasteiger charge is -2.07. The van der Waals surface area contributed by atoms with E-state index in [-0.39, 0.29) is 12.5 Å². The first-order valence-electron chi connectivity index (χ1n) is 7.51. The van der Waals surface area contributed by atoms with Crippen LogP contribution in [0.1, 0.15) is 20.7 Å². The highest BCUT2D eigenvalue weighted by Crippen LogP contribution is 2.22. The summed E-state index contributed by atoms with van der Waals surface area (Å²) in [5, 5.41) is 0.674. The van der Waals surface area contributed by atoms with Gasteiger partial charge in [-0.2, -0.15) is 0 Å². The van der Waals surface area contributed by atoms with E-state index < -0.39 is 5.97 Å². The standard InChI is InChI=1S/C19H17NO4/c1-13-6-5-7-14(10-13)24-12-18(21)20-11-16(19(22)23-2)15-8-3-4-9-17(15)20/h3-11H,12H2,1-2H3. The molecule has 0 aliphatic heterocycles. The molecule has 5 nitrogen and oxygen atoms in total. The zero-order valence-corrected chi connectivity index (χ0v) is 13.5. The highest BCUT2D eigenvalue weighted by molar-refractivity contribution is 6.07. The van der Waals surface area contributed by atoms with E-state index in [0.29, 0.717) is 22.2 Å². The maximum Gasteiger partial charge on any atom is 0.340 e. The molecule has 122 valence electrons. The first kappa shape index (κ1) is 15.8. The van der Waals surface area contributed by atoms with E-state index in [1.165, 1.54) is 17.9 Å². The molecular formula is C19H17NO4. The number of hydrogen-bond donors (Lipinski definition) is 0. The van der Waals surface area contributed by atoms with Crippen LogP contribution in [0.3, 0.4) is 0 Å². The van der Waals surface area contributed by atoms with Gasteiger partial charge in [0.2, 0.25) is 0 Å². The van der Waals surface area contributed by atoms with Crippen molar-refractivity contribution in [3.8, 4) is 5.75 Å². The van der Waals surface area contributed by atoms with Gasteiger partial charge < -0.3 is 9.47 Å². The summed E-state index contributed by atoms with van der Waals surface area (Å²) >= 11 is 0. The van der Waals surface area contributed by atoms with Gasteiger partial charge in [-0.25, -0.2) is 4.79 Å². The summed E-state index contributed by atoms with van der Waals surface area (Å²) in [6, 6.07) is 14.7. The highest BCUT2D eigenvalue weighted by Gasteiger charge is 2.18. The number of para-hydroxylation sites is 1. The molecule has 0 amide bonds. The smallest absolute Gasteiger partial charge is 0.340 e. The Hall–Kier alpha value is -3.08. The Morgan fingerprint density at radius 1 is 1.08 bits per heavy atom. The summed E-state index contributed by atoms with van der Waals surface area (Å²) in [5.41, 5.74) is 2.06. The first-order valence-corrected chi connectivity index (χ1v) is 7.51. The summed E-state index contributed by atoms with van der Waals surface area (Å²) in [7, 11) is 1.32. The molecule has 0 N–H and O–H groups in total. The number of ether oxygens (including phenoxy) is 2. The normalized spacial score (nSPS) is 10.6. The average molecular weight is 323 g/mol. The minimum atomic E-state index is -0.475. The average Bonchev–Trinajstić information content (AvgIpc) is 2.99. The van der Waals surface area contributed by atoms with Crippen LogP contribution in [0.4, 0.5) is 0 Å². The molecule has 0 radical (unpaired) electrons. The van der Waals surface area contributed by atoms with Crippen LogP contribution >= 0.6 is 0 Å². The van der Waals surface area contributed by atoms with Gasteiger partial charge in [0.25, 0.3) is 5.91 Å². The minimum absolute atomic E-state index is 0.122. The van der Waals surface area contributed by atoms with Crippen molar-refractivity contribution in [1.29, 1.82) is 0 Å². The number of aryl methyl sites for hydroxylation is 1. The van der Waals surface area contributed by atoms with Crippen molar-refractivity contribution in [1.82, 2.24) is 4.57 Å². The molecular weight excluding hydrogens is 306 g/mol. The van der Waals surface area contributed by atoms with Gasteiger partial charge in [0.1, 0.15) is 5.75 Å². The maximum absolute atomic E-state index is 12.5. The molecule has 0 spiro atoms. The molecule has 3 rings (SSSR count). The van der Waals surface area contributed by atoms with Crippen molar-refractivity contribution in [2.75, 3.05) is 13.7 Å². The lowest BCUT2D eigenvalue weighted by molar-refractivity contribution is 0.0603. The molecule has 3 aromatic rings. The number of benzene rings is 2. The quantitative estimate of drug-likeness (QED) is 0.690. The topological polar surface area (TPSA) is 57.5 Å². The second kappa shape index (κ2) is 6.58. The third-order valence-corrected chi connectivity index (χ3v) is 3.74. The number of rotatable bonds is 4. The van der Waals surface area contributed by atoms with Crippen LogP contribution in [-0.2, 0) is 4.74 Å². The second-order valence-corrected chi connectivity index (χ2v) is 5.42. The molecule has 5 heteroatoms. The number of nitrogens with zero attached hydrogens (tertiary/aromatic N) is 1. The van der Waals surface area contributed by atoms with Crippen molar-refractivity contribution >= 4 is 22.8 Å². The lowest BCUT2D eigenvalue weighted by atomic mass is 10.2. The maximum atomic E-state index is 12.5. The van der Waals surface area contributed by atoms with Gasteiger partial charge in [0.15, 0.2) is 6.61 Å². The fourth-order valence-electron chi connectivity index (χ4n) is 2.58. The molecule has 0 bridgehead atoms. The van der Waals surface area contributed by atoms with Crippen LogP contribution in [0.2, 0.25) is 0 Å². The molecule has 0 aliphatic carbocycles. The summed E-state index contributed by atoms with van der Waals surface area (Å²) in [6.45, 7) is 1.83. The van der Waals surface area contributed by atoms with Gasteiger partial charge in [-0.3, -0.25) is 9.36 Å². The molecule has 0 unspecified atom stereocenters. The lowest BCUT2D eigenvalue weighted by Crippen LogP contribution is -2.18. The van der Waals surface area contributed by atoms with E-state index in [9.17, 15) is 9.59 Å². The van der Waals surface area contributed by atoms with Crippen LogP contribution in [0, 0.1) is 6.92 Å². The summed E-state index contributed by atoms with van der Waals surface area (Å²) in [6.07, 6.45) is 1.50. The Balaban J connectivity index is 1.88. The highest BCUT2D eigenvalue weighted by atomic mass is 16.5. The molecule has 1 heterocycles. The molecule has 1 aromatic heterocycles. The number of aromatic nitrogens is 1. The van der Waals surface area contributed by atoms with Gasteiger partial charge in [-0.1, -0.05) is 30.3 Å². The monoisotopic (exact) mass is 323 g/mol. The Morgan fingerprint density at radius 3 is 2.62 bits per heavy atom. The van der Waals surface area contributed by atoms with E-state index in [1.807, 2.05) is 37.3 Å². The van der Waals surface area contributed by atoms with E-state index in [2.05, 4.69) is 0 Å². The van der Waals surface area contributed by atoms with Gasteiger partial charge in [-0.15, -0.1) is 0 Å². The third-order valence-electron chi connectivity index (χ3n) is 3.74. The molecule has 24 heavy (non-hydrogen) atoms. The van der Waals surface area contributed by atoms with Gasteiger partial charge >= 0.3 is 5.97 Å². The van der Waals surface area contributed by atoms with Crippen LogP contribution in [-0.4, -0.2) is 30.2 Å². The fraction of sp³-hybridized carbons (Fsp3) is 0.158. The fourth-order valence-corrected chi connectivity index (χ4v) is 2.58. The number of esters is 1. The Labute approximate surface area is 139 Å². The Morgan fingerprint density at radius 2 is 1.88 bits per heavy atom. The predicted molar refractivity (Wildman–Crippen MR) is 90.6 cm³/mol. The Kier molecular flexibility index (Phi) is 4.33. The number of hydrogen-bond acceptors (Lipinski definition) is 4. The van der Waals surface area contributed by atoms with E-state index in [0.717, 1.165) is 5.56 Å². The molecule has 2 aromatic carbocycles. The third kappa shape index (κ3) is 3.01. The summed E-state index contributed by atoms with van der Waals surface area (Å²) in [4.78, 5) is 24.4. The largest absolute Gasteiger partial charge is 0.484 e. The number of carbonyl (C=O) groups is 2. The SMILES string of the molecule is COC(=O)c1cn(C(=O)COc2cccc(C)c2)c2ccccc12. The van der Waals surface area contributed by atoms with Crippen LogP contribution < -0.4 is 4.74 Å². The van der Waals surface area contributed by atoms with Crippen molar-refractivity contribution in [3.05, 3.63) is 65.9 Å². The molecule has 0 saturated heterocycles. The van der Waals surface area contributed by atoms with Crippen molar-refractivity contribution in [2.24, 2.45) is 0 Å². The number of methoxy groups -OCH3 is 1. The van der Waals surface area contributed by atoms with Crippen LogP contribution in [0.5, 0.6) is 5.75 Å². The van der Waals surface area contributed by atoms with Crippen molar-refractivity contribution in [2.45, 2.75) is 6.92 Å². The van der Waals surface area contributed by atoms with Gasteiger partial charge in [0.05, 0.1) is 18.2 Å². The van der Waals surface area contributed by atoms with Crippen LogP contribution in [0.15, 0.2) is 54.7 Å². The van der Waals surface area contributed by atoms with Crippen molar-refractivity contribution < 1.29 is 19.1 Å².